The number of aromatic nitrogens is 4. The maximum absolute atomic E-state index is 12.3. The van der Waals surface area contributed by atoms with Crippen LogP contribution >= 0.6 is 12.6 Å². The number of halogens is 2. The monoisotopic (exact) mass is 441 g/mol. The molecule has 5 nitrogen and oxygen atoms in total. The molecule has 162 valence electrons. The number of hydrogen-bond donors (Lipinski definition) is 3. The minimum absolute atomic E-state index is 0.0370. The molecule has 1 aliphatic rings. The van der Waals surface area contributed by atoms with E-state index in [1.807, 2.05) is 6.20 Å². The number of pyridine rings is 1. The predicted octanol–water partition coefficient (Wildman–Crippen LogP) is 5.07. The van der Waals surface area contributed by atoms with Crippen molar-refractivity contribution in [3.63, 3.8) is 0 Å². The Morgan fingerprint density at radius 1 is 1.19 bits per heavy atom. The molecule has 0 bridgehead atoms. The van der Waals surface area contributed by atoms with E-state index in [0.29, 0.717) is 5.92 Å². The Bertz CT molecular complexity index is 1150. The van der Waals surface area contributed by atoms with Crippen molar-refractivity contribution in [1.82, 2.24) is 25.1 Å². The van der Waals surface area contributed by atoms with Crippen LogP contribution in [0.3, 0.4) is 0 Å². The molecule has 0 radical (unpaired) electrons. The van der Waals surface area contributed by atoms with Crippen molar-refractivity contribution >= 4 is 23.7 Å². The lowest BCUT2D eigenvalue weighted by Crippen LogP contribution is -2.31. The van der Waals surface area contributed by atoms with Gasteiger partial charge in [0, 0.05) is 41.5 Å². The molecular formula is C23H25F2N5S. The van der Waals surface area contributed by atoms with E-state index in [9.17, 15) is 8.78 Å². The molecule has 31 heavy (non-hydrogen) atoms. The number of aromatic amines is 1. The van der Waals surface area contributed by atoms with Crippen molar-refractivity contribution in [2.45, 2.75) is 37.2 Å². The van der Waals surface area contributed by atoms with E-state index in [0.717, 1.165) is 35.9 Å². The second kappa shape index (κ2) is 8.80. The highest BCUT2D eigenvalue weighted by Gasteiger charge is 2.30. The third-order valence-electron chi connectivity index (χ3n) is 5.47. The zero-order chi connectivity index (χ0) is 22.0. The number of fused-ring (bicyclic) bond motifs is 1. The molecule has 0 amide bonds. The molecule has 2 N–H and O–H groups in total. The van der Waals surface area contributed by atoms with Crippen LogP contribution < -0.4 is 5.32 Å². The van der Waals surface area contributed by atoms with Crippen LogP contribution in [0.4, 0.5) is 8.78 Å². The summed E-state index contributed by atoms with van der Waals surface area (Å²) in [7, 11) is 0. The standard InChI is InChI=1S/C17H21N5.C6H4F2S/c1-17(2)7-12(8-18-17)11-22-6-5-15-16(22)4-3-14(21-15)13-9-19-20-10-13;7-4-2-1-3-5(9)6(4)8/h3-6,9-10,12,18H,7-8,11H2,1-2H3,(H,19,20);1-3,9H. The van der Waals surface area contributed by atoms with E-state index in [1.165, 1.54) is 24.1 Å². The first-order valence-corrected chi connectivity index (χ1v) is 10.6. The largest absolute Gasteiger partial charge is 0.346 e. The molecule has 5 rings (SSSR count). The number of nitrogens with zero attached hydrogens (tertiary/aromatic N) is 3. The first-order valence-electron chi connectivity index (χ1n) is 10.2. The Balaban J connectivity index is 0.000000217. The first-order chi connectivity index (χ1) is 14.8. The molecular weight excluding hydrogens is 416 g/mol. The summed E-state index contributed by atoms with van der Waals surface area (Å²) in [5, 5.41) is 10.4. The third-order valence-corrected chi connectivity index (χ3v) is 5.82. The molecule has 1 atom stereocenters. The molecule has 4 heterocycles. The fraction of sp³-hybridized carbons (Fsp3) is 0.304. The Labute approximate surface area is 185 Å². The number of thiol groups is 1. The molecule has 1 aromatic carbocycles. The number of rotatable bonds is 3. The fourth-order valence-electron chi connectivity index (χ4n) is 3.97. The highest BCUT2D eigenvalue weighted by molar-refractivity contribution is 7.80. The van der Waals surface area contributed by atoms with E-state index in [1.54, 1.807) is 6.20 Å². The van der Waals surface area contributed by atoms with Crippen LogP contribution in [0.5, 0.6) is 0 Å². The summed E-state index contributed by atoms with van der Waals surface area (Å²) in [5.41, 5.74) is 4.50. The van der Waals surface area contributed by atoms with Crippen molar-refractivity contribution in [1.29, 1.82) is 0 Å². The van der Waals surface area contributed by atoms with Gasteiger partial charge in [-0.1, -0.05) is 6.07 Å². The van der Waals surface area contributed by atoms with E-state index in [2.05, 4.69) is 71.0 Å². The molecule has 8 heteroatoms. The molecule has 4 aromatic rings. The zero-order valence-corrected chi connectivity index (χ0v) is 18.3. The van der Waals surface area contributed by atoms with Crippen molar-refractivity contribution in [3.05, 3.63) is 66.6 Å². The molecule has 1 unspecified atom stereocenters. The molecule has 0 spiro atoms. The van der Waals surface area contributed by atoms with E-state index < -0.39 is 11.6 Å². The van der Waals surface area contributed by atoms with Crippen molar-refractivity contribution in [2.24, 2.45) is 5.92 Å². The van der Waals surface area contributed by atoms with Crippen LogP contribution in [0, 0.1) is 17.6 Å². The van der Waals surface area contributed by atoms with Gasteiger partial charge in [0.2, 0.25) is 0 Å². The minimum Gasteiger partial charge on any atom is -0.346 e. The summed E-state index contributed by atoms with van der Waals surface area (Å²) in [6, 6.07) is 10.2. The SMILES string of the molecule is CC1(C)CC(Cn2ccc3nc(-c4cn[nH]c4)ccc32)CN1.Fc1cccc(S)c1F. The number of nitrogens with one attached hydrogen (secondary N) is 2. The molecule has 0 saturated carbocycles. The second-order valence-electron chi connectivity index (χ2n) is 8.46. The lowest BCUT2D eigenvalue weighted by molar-refractivity contribution is 0.421. The van der Waals surface area contributed by atoms with Gasteiger partial charge in [-0.05, 0) is 56.5 Å². The average Bonchev–Trinajstić information content (AvgIpc) is 3.47. The predicted molar refractivity (Wildman–Crippen MR) is 121 cm³/mol. The average molecular weight is 442 g/mol. The van der Waals surface area contributed by atoms with Crippen LogP contribution in [-0.2, 0) is 6.54 Å². The lowest BCUT2D eigenvalue weighted by atomic mass is 9.97. The maximum Gasteiger partial charge on any atom is 0.172 e. The van der Waals surface area contributed by atoms with Gasteiger partial charge in [0.05, 0.1) is 22.9 Å². The van der Waals surface area contributed by atoms with Gasteiger partial charge < -0.3 is 9.88 Å². The summed E-state index contributed by atoms with van der Waals surface area (Å²) in [5.74, 6) is -1.07. The number of H-pyrrole nitrogens is 1. The van der Waals surface area contributed by atoms with Gasteiger partial charge in [-0.3, -0.25) is 5.10 Å². The van der Waals surface area contributed by atoms with Gasteiger partial charge in [-0.15, -0.1) is 12.6 Å². The first kappa shape index (κ1) is 21.5. The van der Waals surface area contributed by atoms with Gasteiger partial charge in [-0.25, -0.2) is 13.8 Å². The normalized spacial score (nSPS) is 17.5. The quantitative estimate of drug-likeness (QED) is 0.389. The van der Waals surface area contributed by atoms with E-state index in [4.69, 9.17) is 4.98 Å². The van der Waals surface area contributed by atoms with Crippen LogP contribution in [0.25, 0.3) is 22.3 Å². The molecule has 3 aromatic heterocycles. The van der Waals surface area contributed by atoms with E-state index >= 15 is 0 Å². The van der Waals surface area contributed by atoms with Crippen LogP contribution in [-0.4, -0.2) is 31.8 Å². The van der Waals surface area contributed by atoms with Crippen LogP contribution in [0.1, 0.15) is 20.3 Å². The van der Waals surface area contributed by atoms with Crippen LogP contribution in [0.2, 0.25) is 0 Å². The van der Waals surface area contributed by atoms with Gasteiger partial charge in [0.25, 0.3) is 0 Å². The van der Waals surface area contributed by atoms with Crippen molar-refractivity contribution in [2.75, 3.05) is 6.54 Å². The van der Waals surface area contributed by atoms with Gasteiger partial charge in [0.15, 0.2) is 11.6 Å². The maximum atomic E-state index is 12.3. The number of hydrogen-bond acceptors (Lipinski definition) is 4. The zero-order valence-electron chi connectivity index (χ0n) is 17.4. The summed E-state index contributed by atoms with van der Waals surface area (Å²) in [6.07, 6.45) is 7.05. The Kier molecular flexibility index (Phi) is 6.11. The summed E-state index contributed by atoms with van der Waals surface area (Å²) >= 11 is 3.65. The summed E-state index contributed by atoms with van der Waals surface area (Å²) in [6.45, 7) is 6.69. The highest BCUT2D eigenvalue weighted by atomic mass is 32.1. The van der Waals surface area contributed by atoms with Crippen LogP contribution in [0.15, 0.2) is 59.9 Å². The van der Waals surface area contributed by atoms with Gasteiger partial charge in [-0.2, -0.15) is 5.10 Å². The van der Waals surface area contributed by atoms with Crippen molar-refractivity contribution < 1.29 is 8.78 Å². The molecule has 0 aliphatic carbocycles. The third kappa shape index (κ3) is 4.97. The smallest absolute Gasteiger partial charge is 0.172 e. The molecule has 1 fully saturated rings. The highest BCUT2D eigenvalue weighted by Crippen LogP contribution is 2.27. The lowest BCUT2D eigenvalue weighted by Gasteiger charge is -2.17. The van der Waals surface area contributed by atoms with Gasteiger partial charge in [0.1, 0.15) is 0 Å². The molecule has 1 aliphatic heterocycles. The Hall–Kier alpha value is -2.71. The topological polar surface area (TPSA) is 58.5 Å². The minimum atomic E-state index is -0.888. The van der Waals surface area contributed by atoms with Gasteiger partial charge >= 0.3 is 0 Å². The Morgan fingerprint density at radius 3 is 2.68 bits per heavy atom. The van der Waals surface area contributed by atoms with Crippen molar-refractivity contribution in [3.8, 4) is 11.3 Å². The second-order valence-corrected chi connectivity index (χ2v) is 8.95. The summed E-state index contributed by atoms with van der Waals surface area (Å²) < 4.78 is 26.8. The fourth-order valence-corrected chi connectivity index (χ4v) is 4.16. The van der Waals surface area contributed by atoms with E-state index in [-0.39, 0.29) is 10.4 Å². The Morgan fingerprint density at radius 2 is 2.03 bits per heavy atom. The number of benzene rings is 1. The summed E-state index contributed by atoms with van der Waals surface area (Å²) in [4.78, 5) is 4.78. The molecule has 1 saturated heterocycles.